The molecule has 70 valence electrons. The third-order valence-corrected chi connectivity index (χ3v) is 2.76. The zero-order valence-electron chi connectivity index (χ0n) is 7.48. The molecule has 1 aliphatic rings. The molecule has 0 aromatic rings. The first-order chi connectivity index (χ1) is 5.75. The lowest BCUT2D eigenvalue weighted by atomic mass is 9.79. The monoisotopic (exact) mass is 171 g/mol. The Morgan fingerprint density at radius 1 is 1.42 bits per heavy atom. The molecule has 2 N–H and O–H groups in total. The maximum absolute atomic E-state index is 9.62. The van der Waals surface area contributed by atoms with Crippen LogP contribution in [0.4, 0.5) is 0 Å². The molecule has 0 aliphatic heterocycles. The number of rotatable bonds is 2. The van der Waals surface area contributed by atoms with Crippen LogP contribution in [0, 0.1) is 11.8 Å². The first-order valence-electron chi connectivity index (χ1n) is 4.61. The van der Waals surface area contributed by atoms with Crippen molar-refractivity contribution >= 4 is 6.21 Å². The Hall–Kier alpha value is -0.570. The zero-order valence-corrected chi connectivity index (χ0v) is 7.48. The van der Waals surface area contributed by atoms with Crippen molar-refractivity contribution in [1.29, 1.82) is 0 Å². The van der Waals surface area contributed by atoms with Gasteiger partial charge in [0, 0.05) is 6.21 Å². The Balaban J connectivity index is 2.47. The molecule has 3 heteroatoms. The summed E-state index contributed by atoms with van der Waals surface area (Å²) in [6.07, 6.45) is 5.57. The second-order valence-electron chi connectivity index (χ2n) is 3.64. The van der Waals surface area contributed by atoms with E-state index in [4.69, 9.17) is 5.21 Å². The summed E-state index contributed by atoms with van der Waals surface area (Å²) in [6.45, 7) is 1.99. The van der Waals surface area contributed by atoms with E-state index in [1.54, 1.807) is 0 Å². The van der Waals surface area contributed by atoms with Crippen LogP contribution in [0.2, 0.25) is 0 Å². The molecule has 1 aliphatic carbocycles. The molecule has 12 heavy (non-hydrogen) atoms. The lowest BCUT2D eigenvalue weighted by Gasteiger charge is -2.30. The summed E-state index contributed by atoms with van der Waals surface area (Å²) >= 11 is 0. The van der Waals surface area contributed by atoms with Crippen LogP contribution in [0.1, 0.15) is 32.6 Å². The van der Waals surface area contributed by atoms with E-state index in [2.05, 4.69) is 5.16 Å². The van der Waals surface area contributed by atoms with Crippen molar-refractivity contribution in [1.82, 2.24) is 0 Å². The quantitative estimate of drug-likeness (QED) is 0.377. The largest absolute Gasteiger partial charge is 0.411 e. The third kappa shape index (κ3) is 2.21. The van der Waals surface area contributed by atoms with Gasteiger partial charge >= 0.3 is 0 Å². The van der Waals surface area contributed by atoms with Crippen LogP contribution in [-0.2, 0) is 0 Å². The number of nitrogens with zero attached hydrogens (tertiary/aromatic N) is 1. The Labute approximate surface area is 73.1 Å². The fourth-order valence-corrected chi connectivity index (χ4v) is 1.97. The Kier molecular flexibility index (Phi) is 3.53. The zero-order chi connectivity index (χ0) is 8.97. The highest BCUT2D eigenvalue weighted by molar-refractivity contribution is 5.59. The van der Waals surface area contributed by atoms with E-state index in [-0.39, 0.29) is 17.9 Å². The first kappa shape index (κ1) is 9.52. The summed E-state index contributed by atoms with van der Waals surface area (Å²) in [5.41, 5.74) is 0. The number of hydrogen-bond donors (Lipinski definition) is 2. The van der Waals surface area contributed by atoms with Gasteiger partial charge in [0.15, 0.2) is 0 Å². The summed E-state index contributed by atoms with van der Waals surface area (Å²) < 4.78 is 0. The van der Waals surface area contributed by atoms with E-state index in [0.29, 0.717) is 0 Å². The minimum atomic E-state index is -0.202. The van der Waals surface area contributed by atoms with Crippen molar-refractivity contribution < 1.29 is 10.3 Å². The number of hydrogen-bond acceptors (Lipinski definition) is 3. The van der Waals surface area contributed by atoms with Gasteiger partial charge in [-0.3, -0.25) is 0 Å². The van der Waals surface area contributed by atoms with Crippen LogP contribution in [0.15, 0.2) is 5.16 Å². The average molecular weight is 171 g/mol. The molecule has 1 saturated carbocycles. The van der Waals surface area contributed by atoms with Crippen molar-refractivity contribution in [2.45, 2.75) is 38.7 Å². The van der Waals surface area contributed by atoms with Gasteiger partial charge in [-0.1, -0.05) is 19.8 Å². The van der Waals surface area contributed by atoms with E-state index in [1.807, 2.05) is 6.92 Å². The van der Waals surface area contributed by atoms with E-state index in [0.717, 1.165) is 19.3 Å². The molecule has 0 bridgehead atoms. The van der Waals surface area contributed by atoms with E-state index in [9.17, 15) is 5.11 Å². The van der Waals surface area contributed by atoms with Crippen molar-refractivity contribution in [3.63, 3.8) is 0 Å². The van der Waals surface area contributed by atoms with E-state index < -0.39 is 0 Å². The van der Waals surface area contributed by atoms with E-state index in [1.165, 1.54) is 12.6 Å². The Bertz CT molecular complexity index is 159. The topological polar surface area (TPSA) is 52.8 Å². The van der Waals surface area contributed by atoms with Gasteiger partial charge in [-0.2, -0.15) is 0 Å². The van der Waals surface area contributed by atoms with Gasteiger partial charge < -0.3 is 10.3 Å². The predicted molar refractivity (Wildman–Crippen MR) is 47.4 cm³/mol. The molecule has 3 unspecified atom stereocenters. The summed E-state index contributed by atoms with van der Waals surface area (Å²) in [6, 6.07) is 0. The van der Waals surface area contributed by atoms with Gasteiger partial charge in [-0.25, -0.2) is 0 Å². The minimum Gasteiger partial charge on any atom is -0.411 e. The molecule has 0 heterocycles. The summed E-state index contributed by atoms with van der Waals surface area (Å²) in [7, 11) is 0. The van der Waals surface area contributed by atoms with Crippen molar-refractivity contribution in [2.24, 2.45) is 17.0 Å². The Morgan fingerprint density at radius 3 is 2.67 bits per heavy atom. The van der Waals surface area contributed by atoms with Crippen LogP contribution < -0.4 is 0 Å². The molecule has 3 atom stereocenters. The van der Waals surface area contributed by atoms with Crippen LogP contribution >= 0.6 is 0 Å². The molecule has 0 radical (unpaired) electrons. The second kappa shape index (κ2) is 4.45. The predicted octanol–water partition coefficient (Wildman–Crippen LogP) is 1.63. The second-order valence-corrected chi connectivity index (χ2v) is 3.64. The molecular formula is C9H17NO2. The molecule has 1 rings (SSSR count). The SMILES string of the molecule is CC(/C=N/O)C1CCCCC1O. The summed E-state index contributed by atoms with van der Waals surface area (Å²) in [4.78, 5) is 0. The fourth-order valence-electron chi connectivity index (χ4n) is 1.97. The van der Waals surface area contributed by atoms with Crippen LogP contribution in [0.3, 0.4) is 0 Å². The number of oxime groups is 1. The Morgan fingerprint density at radius 2 is 2.08 bits per heavy atom. The molecule has 0 saturated heterocycles. The number of aliphatic hydroxyl groups excluding tert-OH is 1. The van der Waals surface area contributed by atoms with Gasteiger partial charge in [0.25, 0.3) is 0 Å². The van der Waals surface area contributed by atoms with Gasteiger partial charge in [-0.15, -0.1) is 5.16 Å². The standard InChI is InChI=1S/C9H17NO2/c1-7(6-10-12)8-4-2-3-5-9(8)11/h6-9,11-12H,2-5H2,1H3/b10-6+. The highest BCUT2D eigenvalue weighted by atomic mass is 16.4. The maximum atomic E-state index is 9.62. The molecule has 0 spiro atoms. The summed E-state index contributed by atoms with van der Waals surface area (Å²) in [5.74, 6) is 0.472. The van der Waals surface area contributed by atoms with Crippen LogP contribution in [0.25, 0.3) is 0 Å². The van der Waals surface area contributed by atoms with E-state index >= 15 is 0 Å². The van der Waals surface area contributed by atoms with Gasteiger partial charge in [0.05, 0.1) is 6.10 Å². The molecule has 0 aromatic carbocycles. The van der Waals surface area contributed by atoms with Crippen LogP contribution in [0.5, 0.6) is 0 Å². The maximum Gasteiger partial charge on any atom is 0.0574 e. The lowest BCUT2D eigenvalue weighted by molar-refractivity contribution is 0.0559. The van der Waals surface area contributed by atoms with Gasteiger partial charge in [0.1, 0.15) is 0 Å². The van der Waals surface area contributed by atoms with Crippen LogP contribution in [-0.4, -0.2) is 22.6 Å². The molecule has 1 fully saturated rings. The smallest absolute Gasteiger partial charge is 0.0574 e. The molecule has 0 amide bonds. The van der Waals surface area contributed by atoms with Crippen molar-refractivity contribution in [3.8, 4) is 0 Å². The highest BCUT2D eigenvalue weighted by Gasteiger charge is 2.26. The molecule has 3 nitrogen and oxygen atoms in total. The van der Waals surface area contributed by atoms with Gasteiger partial charge in [-0.05, 0) is 24.7 Å². The summed E-state index contributed by atoms with van der Waals surface area (Å²) in [5, 5.41) is 21.0. The molecular weight excluding hydrogens is 154 g/mol. The minimum absolute atomic E-state index is 0.185. The van der Waals surface area contributed by atoms with Crippen molar-refractivity contribution in [2.75, 3.05) is 0 Å². The first-order valence-corrected chi connectivity index (χ1v) is 4.61. The average Bonchev–Trinajstić information content (AvgIpc) is 2.05. The van der Waals surface area contributed by atoms with Gasteiger partial charge in [0.2, 0.25) is 0 Å². The normalized spacial score (nSPS) is 33.8. The van der Waals surface area contributed by atoms with Crippen molar-refractivity contribution in [3.05, 3.63) is 0 Å². The number of aliphatic hydroxyl groups is 1. The highest BCUT2D eigenvalue weighted by Crippen LogP contribution is 2.29. The third-order valence-electron chi connectivity index (χ3n) is 2.76. The lowest BCUT2D eigenvalue weighted by Crippen LogP contribution is -2.30. The fraction of sp³-hybridized carbons (Fsp3) is 0.889. The molecule has 0 aromatic heterocycles.